The standard InChI is InChI=1S/C17H26N2O2/c1-12(2)17(21)10-19(11-17)9-16(20)18-14(4)15-8-6-5-7-13(15)3/h5-8,12,14,21H,9-11H2,1-4H3,(H,18,20). The van der Waals surface area contributed by atoms with Gasteiger partial charge in [-0.05, 0) is 30.9 Å². The van der Waals surface area contributed by atoms with Crippen LogP contribution in [-0.4, -0.2) is 41.1 Å². The minimum atomic E-state index is -0.623. The van der Waals surface area contributed by atoms with Crippen molar-refractivity contribution in [3.63, 3.8) is 0 Å². The molecule has 0 aromatic heterocycles. The first-order valence-corrected chi connectivity index (χ1v) is 7.61. The number of benzene rings is 1. The number of carbonyl (C=O) groups excluding carboxylic acids is 1. The second kappa shape index (κ2) is 6.16. The lowest BCUT2D eigenvalue weighted by Gasteiger charge is -2.48. The van der Waals surface area contributed by atoms with E-state index in [0.717, 1.165) is 5.56 Å². The molecule has 21 heavy (non-hydrogen) atoms. The highest BCUT2D eigenvalue weighted by molar-refractivity contribution is 5.78. The number of likely N-dealkylation sites (tertiary alicyclic amines) is 1. The molecule has 0 saturated carbocycles. The highest BCUT2D eigenvalue weighted by atomic mass is 16.3. The molecule has 1 atom stereocenters. The number of nitrogens with zero attached hydrogens (tertiary/aromatic N) is 1. The molecule has 4 nitrogen and oxygen atoms in total. The second-order valence-corrected chi connectivity index (χ2v) is 6.55. The highest BCUT2D eigenvalue weighted by Gasteiger charge is 2.43. The molecule has 1 aliphatic heterocycles. The van der Waals surface area contributed by atoms with Gasteiger partial charge in [-0.3, -0.25) is 9.69 Å². The fraction of sp³-hybridized carbons (Fsp3) is 0.588. The summed E-state index contributed by atoms with van der Waals surface area (Å²) in [6.07, 6.45) is 0. The minimum Gasteiger partial charge on any atom is -0.387 e. The smallest absolute Gasteiger partial charge is 0.234 e. The van der Waals surface area contributed by atoms with Crippen molar-refractivity contribution in [2.24, 2.45) is 5.92 Å². The molecule has 116 valence electrons. The van der Waals surface area contributed by atoms with Gasteiger partial charge in [-0.2, -0.15) is 0 Å². The molecule has 1 saturated heterocycles. The average molecular weight is 290 g/mol. The zero-order valence-electron chi connectivity index (χ0n) is 13.4. The van der Waals surface area contributed by atoms with Crippen molar-refractivity contribution in [3.05, 3.63) is 35.4 Å². The van der Waals surface area contributed by atoms with Gasteiger partial charge in [0, 0.05) is 13.1 Å². The quantitative estimate of drug-likeness (QED) is 0.870. The molecule has 0 radical (unpaired) electrons. The van der Waals surface area contributed by atoms with Gasteiger partial charge >= 0.3 is 0 Å². The molecule has 0 aliphatic carbocycles. The lowest BCUT2D eigenvalue weighted by Crippen LogP contribution is -2.65. The molecule has 1 aromatic rings. The van der Waals surface area contributed by atoms with Crippen LogP contribution in [0.1, 0.15) is 37.9 Å². The van der Waals surface area contributed by atoms with Crippen molar-refractivity contribution in [1.82, 2.24) is 10.2 Å². The van der Waals surface area contributed by atoms with Crippen LogP contribution in [0.25, 0.3) is 0 Å². The van der Waals surface area contributed by atoms with E-state index in [1.807, 2.05) is 43.9 Å². The van der Waals surface area contributed by atoms with Gasteiger partial charge in [-0.15, -0.1) is 0 Å². The highest BCUT2D eigenvalue weighted by Crippen LogP contribution is 2.28. The van der Waals surface area contributed by atoms with Crippen molar-refractivity contribution < 1.29 is 9.90 Å². The number of aliphatic hydroxyl groups is 1. The summed E-state index contributed by atoms with van der Waals surface area (Å²) in [5, 5.41) is 13.2. The van der Waals surface area contributed by atoms with E-state index in [2.05, 4.69) is 18.3 Å². The molecule has 1 aromatic carbocycles. The topological polar surface area (TPSA) is 52.6 Å². The summed E-state index contributed by atoms with van der Waals surface area (Å²) in [7, 11) is 0. The molecule has 2 N–H and O–H groups in total. The van der Waals surface area contributed by atoms with E-state index in [1.54, 1.807) is 0 Å². The predicted molar refractivity (Wildman–Crippen MR) is 84.0 cm³/mol. The number of aryl methyl sites for hydroxylation is 1. The van der Waals surface area contributed by atoms with Gasteiger partial charge in [0.05, 0.1) is 18.2 Å². The van der Waals surface area contributed by atoms with Gasteiger partial charge in [-0.25, -0.2) is 0 Å². The Labute approximate surface area is 127 Å². The first kappa shape index (κ1) is 16.0. The summed E-state index contributed by atoms with van der Waals surface area (Å²) in [5.74, 6) is 0.235. The Morgan fingerprint density at radius 3 is 2.52 bits per heavy atom. The molecule has 1 heterocycles. The maximum Gasteiger partial charge on any atom is 0.234 e. The number of amides is 1. The summed E-state index contributed by atoms with van der Waals surface area (Å²) in [5.41, 5.74) is 1.71. The van der Waals surface area contributed by atoms with Gasteiger partial charge in [-0.1, -0.05) is 38.1 Å². The number of hydrogen-bond donors (Lipinski definition) is 2. The van der Waals surface area contributed by atoms with E-state index >= 15 is 0 Å². The van der Waals surface area contributed by atoms with Crippen LogP contribution in [-0.2, 0) is 4.79 Å². The van der Waals surface area contributed by atoms with Crippen LogP contribution in [0.2, 0.25) is 0 Å². The van der Waals surface area contributed by atoms with Gasteiger partial charge in [0.2, 0.25) is 5.91 Å². The van der Waals surface area contributed by atoms with Crippen molar-refractivity contribution in [1.29, 1.82) is 0 Å². The lowest BCUT2D eigenvalue weighted by atomic mass is 9.83. The Morgan fingerprint density at radius 1 is 1.33 bits per heavy atom. The third kappa shape index (κ3) is 3.63. The van der Waals surface area contributed by atoms with Gasteiger partial charge in [0.25, 0.3) is 0 Å². The fourth-order valence-corrected chi connectivity index (χ4v) is 2.85. The molecule has 4 heteroatoms. The Hall–Kier alpha value is -1.39. The van der Waals surface area contributed by atoms with Crippen molar-refractivity contribution in [3.8, 4) is 0 Å². The Morgan fingerprint density at radius 2 is 1.95 bits per heavy atom. The Bertz CT molecular complexity index is 507. The molecule has 0 spiro atoms. The van der Waals surface area contributed by atoms with Crippen LogP contribution in [0.15, 0.2) is 24.3 Å². The molecular formula is C17H26N2O2. The maximum atomic E-state index is 12.1. The fourth-order valence-electron chi connectivity index (χ4n) is 2.85. The van der Waals surface area contributed by atoms with Crippen LogP contribution < -0.4 is 5.32 Å². The molecule has 0 bridgehead atoms. The third-order valence-electron chi connectivity index (χ3n) is 4.47. The van der Waals surface area contributed by atoms with Crippen LogP contribution in [0, 0.1) is 12.8 Å². The van der Waals surface area contributed by atoms with Crippen LogP contribution in [0.3, 0.4) is 0 Å². The molecule has 1 aliphatic rings. The Kier molecular flexibility index (Phi) is 4.69. The summed E-state index contributed by atoms with van der Waals surface area (Å²) >= 11 is 0. The van der Waals surface area contributed by atoms with E-state index in [9.17, 15) is 9.90 Å². The molecular weight excluding hydrogens is 264 g/mol. The average Bonchev–Trinajstić information content (AvgIpc) is 2.36. The summed E-state index contributed by atoms with van der Waals surface area (Å²) in [6.45, 7) is 9.59. The maximum absolute atomic E-state index is 12.1. The van der Waals surface area contributed by atoms with Crippen molar-refractivity contribution in [2.75, 3.05) is 19.6 Å². The first-order chi connectivity index (χ1) is 9.82. The van der Waals surface area contributed by atoms with Crippen molar-refractivity contribution in [2.45, 2.75) is 39.3 Å². The molecule has 2 rings (SSSR count). The number of hydrogen-bond acceptors (Lipinski definition) is 3. The normalized spacial score (nSPS) is 19.1. The van der Waals surface area contributed by atoms with E-state index < -0.39 is 5.60 Å². The zero-order valence-corrected chi connectivity index (χ0v) is 13.4. The second-order valence-electron chi connectivity index (χ2n) is 6.55. The first-order valence-electron chi connectivity index (χ1n) is 7.61. The zero-order chi connectivity index (χ0) is 15.6. The number of carbonyl (C=O) groups is 1. The SMILES string of the molecule is Cc1ccccc1C(C)NC(=O)CN1CC(O)(C(C)C)C1. The summed E-state index contributed by atoms with van der Waals surface area (Å²) < 4.78 is 0. The number of rotatable bonds is 5. The third-order valence-corrected chi connectivity index (χ3v) is 4.47. The van der Waals surface area contributed by atoms with E-state index in [1.165, 1.54) is 5.56 Å². The minimum absolute atomic E-state index is 0.00367. The van der Waals surface area contributed by atoms with E-state index in [4.69, 9.17) is 0 Å². The summed E-state index contributed by atoms with van der Waals surface area (Å²) in [6, 6.07) is 8.09. The molecule has 1 amide bonds. The van der Waals surface area contributed by atoms with Crippen molar-refractivity contribution >= 4 is 5.91 Å². The van der Waals surface area contributed by atoms with Crippen LogP contribution in [0.4, 0.5) is 0 Å². The predicted octanol–water partition coefficient (Wildman–Crippen LogP) is 1.87. The van der Waals surface area contributed by atoms with E-state index in [0.29, 0.717) is 19.6 Å². The van der Waals surface area contributed by atoms with E-state index in [-0.39, 0.29) is 17.9 Å². The number of nitrogens with one attached hydrogen (secondary N) is 1. The molecule has 1 unspecified atom stereocenters. The van der Waals surface area contributed by atoms with Gasteiger partial charge < -0.3 is 10.4 Å². The lowest BCUT2D eigenvalue weighted by molar-refractivity contribution is -0.142. The largest absolute Gasteiger partial charge is 0.387 e. The van der Waals surface area contributed by atoms with Gasteiger partial charge in [0.1, 0.15) is 0 Å². The summed E-state index contributed by atoms with van der Waals surface area (Å²) in [4.78, 5) is 14.1. The van der Waals surface area contributed by atoms with Gasteiger partial charge in [0.15, 0.2) is 0 Å². The van der Waals surface area contributed by atoms with Crippen LogP contribution >= 0.6 is 0 Å². The monoisotopic (exact) mass is 290 g/mol. The molecule has 1 fully saturated rings. The Balaban J connectivity index is 1.82. The number of β-amino-alcohol motifs (C(OH)–C–C–N with tert-alkyl or cyclic N) is 1. The van der Waals surface area contributed by atoms with Crippen LogP contribution in [0.5, 0.6) is 0 Å².